The largest absolute Gasteiger partial charge is 0.496 e. The lowest BCUT2D eigenvalue weighted by Gasteiger charge is -2.18. The molecule has 0 aromatic heterocycles. The van der Waals surface area contributed by atoms with E-state index in [4.69, 9.17) is 4.74 Å². The van der Waals surface area contributed by atoms with Crippen LogP contribution >= 0.6 is 0 Å². The molecule has 1 aromatic carbocycles. The molecule has 1 amide bonds. The predicted octanol–water partition coefficient (Wildman–Crippen LogP) is 2.31. The lowest BCUT2D eigenvalue weighted by Crippen LogP contribution is -2.35. The quantitative estimate of drug-likeness (QED) is 0.879. The van der Waals surface area contributed by atoms with Gasteiger partial charge in [0.25, 0.3) is 0 Å². The summed E-state index contributed by atoms with van der Waals surface area (Å²) in [5.41, 5.74) is 4.09. The summed E-state index contributed by atoms with van der Waals surface area (Å²) in [6.45, 7) is 6.95. The highest BCUT2D eigenvalue weighted by Gasteiger charge is 2.23. The number of amides is 1. The highest BCUT2D eigenvalue weighted by molar-refractivity contribution is 5.96. The number of ether oxygens (including phenoxy) is 1. The van der Waals surface area contributed by atoms with Gasteiger partial charge in [0, 0.05) is 5.69 Å². The van der Waals surface area contributed by atoms with Crippen molar-refractivity contribution in [1.82, 2.24) is 5.32 Å². The van der Waals surface area contributed by atoms with Gasteiger partial charge in [0.15, 0.2) is 0 Å². The van der Waals surface area contributed by atoms with Crippen LogP contribution in [0.1, 0.15) is 29.5 Å². The Balaban J connectivity index is 2.24. The molecule has 1 fully saturated rings. The van der Waals surface area contributed by atoms with E-state index in [-0.39, 0.29) is 11.9 Å². The number of anilines is 1. The Morgan fingerprint density at radius 3 is 2.68 bits per heavy atom. The molecule has 0 spiro atoms. The third-order valence-corrected chi connectivity index (χ3v) is 3.89. The van der Waals surface area contributed by atoms with Gasteiger partial charge in [-0.25, -0.2) is 0 Å². The Morgan fingerprint density at radius 1 is 1.37 bits per heavy atom. The maximum Gasteiger partial charge on any atom is 0.241 e. The summed E-state index contributed by atoms with van der Waals surface area (Å²) < 4.78 is 5.34. The number of hydrogen-bond donors (Lipinski definition) is 2. The van der Waals surface area contributed by atoms with Crippen molar-refractivity contribution in [2.45, 2.75) is 39.7 Å². The smallest absolute Gasteiger partial charge is 0.241 e. The van der Waals surface area contributed by atoms with Crippen LogP contribution < -0.4 is 15.4 Å². The molecule has 0 aliphatic carbocycles. The van der Waals surface area contributed by atoms with Crippen LogP contribution in [0.2, 0.25) is 0 Å². The topological polar surface area (TPSA) is 50.4 Å². The van der Waals surface area contributed by atoms with Gasteiger partial charge in [0.2, 0.25) is 5.91 Å². The van der Waals surface area contributed by atoms with Crippen molar-refractivity contribution in [2.75, 3.05) is 19.0 Å². The summed E-state index contributed by atoms with van der Waals surface area (Å²) in [4.78, 5) is 12.2. The maximum absolute atomic E-state index is 12.2. The molecule has 2 rings (SSSR count). The first-order valence-corrected chi connectivity index (χ1v) is 6.73. The average molecular weight is 262 g/mol. The van der Waals surface area contributed by atoms with Crippen molar-refractivity contribution in [3.8, 4) is 5.75 Å². The Bertz CT molecular complexity index is 491. The number of hydrogen-bond acceptors (Lipinski definition) is 3. The molecule has 2 N–H and O–H groups in total. The first-order valence-electron chi connectivity index (χ1n) is 6.73. The van der Waals surface area contributed by atoms with Gasteiger partial charge in [-0.2, -0.15) is 0 Å². The molecule has 1 atom stereocenters. The highest BCUT2D eigenvalue weighted by atomic mass is 16.5. The van der Waals surface area contributed by atoms with E-state index >= 15 is 0 Å². The van der Waals surface area contributed by atoms with Gasteiger partial charge in [0.1, 0.15) is 5.75 Å². The Hall–Kier alpha value is -1.55. The first kappa shape index (κ1) is 13.9. The van der Waals surface area contributed by atoms with Gasteiger partial charge in [0.05, 0.1) is 13.2 Å². The molecule has 19 heavy (non-hydrogen) atoms. The van der Waals surface area contributed by atoms with Crippen molar-refractivity contribution in [2.24, 2.45) is 0 Å². The maximum atomic E-state index is 12.2. The van der Waals surface area contributed by atoms with Gasteiger partial charge >= 0.3 is 0 Å². The molecule has 4 heteroatoms. The van der Waals surface area contributed by atoms with Gasteiger partial charge in [-0.15, -0.1) is 0 Å². The van der Waals surface area contributed by atoms with Gasteiger partial charge in [-0.3, -0.25) is 4.79 Å². The van der Waals surface area contributed by atoms with Crippen molar-refractivity contribution in [3.05, 3.63) is 22.8 Å². The number of aryl methyl sites for hydroxylation is 1. The van der Waals surface area contributed by atoms with Crippen molar-refractivity contribution < 1.29 is 9.53 Å². The number of nitrogens with one attached hydrogen (secondary N) is 2. The van der Waals surface area contributed by atoms with E-state index in [0.29, 0.717) is 0 Å². The number of methoxy groups -OCH3 is 1. The van der Waals surface area contributed by atoms with E-state index in [1.54, 1.807) is 7.11 Å². The molecule has 1 aliphatic heterocycles. The van der Waals surface area contributed by atoms with Gasteiger partial charge in [-0.05, 0) is 62.9 Å². The van der Waals surface area contributed by atoms with E-state index < -0.39 is 0 Å². The van der Waals surface area contributed by atoms with E-state index in [1.165, 1.54) is 0 Å². The Morgan fingerprint density at radius 2 is 2.11 bits per heavy atom. The lowest BCUT2D eigenvalue weighted by atomic mass is 10.0. The third-order valence-electron chi connectivity index (χ3n) is 3.89. The normalized spacial score (nSPS) is 18.4. The zero-order chi connectivity index (χ0) is 14.0. The zero-order valence-electron chi connectivity index (χ0n) is 12.1. The number of benzene rings is 1. The molecule has 1 unspecified atom stereocenters. The zero-order valence-corrected chi connectivity index (χ0v) is 12.1. The second-order valence-corrected chi connectivity index (χ2v) is 5.16. The monoisotopic (exact) mass is 262 g/mol. The fourth-order valence-corrected chi connectivity index (χ4v) is 2.57. The summed E-state index contributed by atoms with van der Waals surface area (Å²) in [7, 11) is 1.67. The molecule has 0 saturated carbocycles. The van der Waals surface area contributed by atoms with Crippen LogP contribution in [-0.2, 0) is 4.79 Å². The molecule has 1 aromatic rings. The standard InChI is InChI=1S/C15H22N2O2/c1-9-8-13(19-4)10(2)11(3)14(9)17-15(18)12-6-5-7-16-12/h8,12,16H,5-7H2,1-4H3,(H,17,18). The minimum atomic E-state index is -0.0544. The average Bonchev–Trinajstić information content (AvgIpc) is 2.92. The Labute approximate surface area is 114 Å². The van der Waals surface area contributed by atoms with E-state index in [2.05, 4.69) is 10.6 Å². The summed E-state index contributed by atoms with van der Waals surface area (Å²) >= 11 is 0. The van der Waals surface area contributed by atoms with Crippen LogP contribution in [0.15, 0.2) is 6.07 Å². The number of carbonyl (C=O) groups excluding carboxylic acids is 1. The van der Waals surface area contributed by atoms with E-state index in [9.17, 15) is 4.79 Å². The van der Waals surface area contributed by atoms with Crippen LogP contribution in [0.5, 0.6) is 5.75 Å². The second-order valence-electron chi connectivity index (χ2n) is 5.16. The van der Waals surface area contributed by atoms with Crippen LogP contribution in [0.25, 0.3) is 0 Å². The summed E-state index contributed by atoms with van der Waals surface area (Å²) in [5.74, 6) is 0.931. The Kier molecular flexibility index (Phi) is 4.10. The van der Waals surface area contributed by atoms with Gasteiger partial charge in [-0.1, -0.05) is 0 Å². The van der Waals surface area contributed by atoms with Crippen LogP contribution in [0.3, 0.4) is 0 Å². The number of carbonyl (C=O) groups is 1. The van der Waals surface area contributed by atoms with Gasteiger partial charge < -0.3 is 15.4 Å². The predicted molar refractivity (Wildman–Crippen MR) is 76.9 cm³/mol. The van der Waals surface area contributed by atoms with Crippen LogP contribution in [0, 0.1) is 20.8 Å². The summed E-state index contributed by atoms with van der Waals surface area (Å²) in [6.07, 6.45) is 1.98. The van der Waals surface area contributed by atoms with Crippen LogP contribution in [0.4, 0.5) is 5.69 Å². The fraction of sp³-hybridized carbons (Fsp3) is 0.533. The molecule has 104 valence electrons. The van der Waals surface area contributed by atoms with Crippen molar-refractivity contribution >= 4 is 11.6 Å². The number of rotatable bonds is 3. The summed E-state index contributed by atoms with van der Waals surface area (Å²) in [5, 5.41) is 6.27. The minimum Gasteiger partial charge on any atom is -0.496 e. The lowest BCUT2D eigenvalue weighted by molar-refractivity contribution is -0.117. The van der Waals surface area contributed by atoms with Crippen molar-refractivity contribution in [3.63, 3.8) is 0 Å². The highest BCUT2D eigenvalue weighted by Crippen LogP contribution is 2.31. The molecule has 0 bridgehead atoms. The van der Waals surface area contributed by atoms with E-state index in [0.717, 1.165) is 47.5 Å². The first-order chi connectivity index (χ1) is 9.04. The fourth-order valence-electron chi connectivity index (χ4n) is 2.57. The third kappa shape index (κ3) is 2.73. The minimum absolute atomic E-state index is 0.0544. The molecule has 1 heterocycles. The SMILES string of the molecule is COc1cc(C)c(NC(=O)C2CCCN2)c(C)c1C. The molecule has 0 radical (unpaired) electrons. The van der Waals surface area contributed by atoms with Crippen LogP contribution in [-0.4, -0.2) is 25.6 Å². The molecule has 1 saturated heterocycles. The molecule has 4 nitrogen and oxygen atoms in total. The van der Waals surface area contributed by atoms with Crippen molar-refractivity contribution in [1.29, 1.82) is 0 Å². The summed E-state index contributed by atoms with van der Waals surface area (Å²) in [6, 6.07) is 1.92. The molecular formula is C15H22N2O2. The molecule has 1 aliphatic rings. The second kappa shape index (κ2) is 5.61. The molecular weight excluding hydrogens is 240 g/mol. The van der Waals surface area contributed by atoms with E-state index in [1.807, 2.05) is 26.8 Å².